The first-order valence-corrected chi connectivity index (χ1v) is 13.8. The number of halogens is 2. The van der Waals surface area contributed by atoms with Crippen LogP contribution in [0.25, 0.3) is 0 Å². The van der Waals surface area contributed by atoms with Gasteiger partial charge in [0.15, 0.2) is 0 Å². The number of hydrogen-bond acceptors (Lipinski definition) is 3. The van der Waals surface area contributed by atoms with Crippen LogP contribution in [0.3, 0.4) is 0 Å². The van der Waals surface area contributed by atoms with Gasteiger partial charge < -0.3 is 15.3 Å². The van der Waals surface area contributed by atoms with E-state index in [1.165, 1.54) is 11.1 Å². The number of unbranched alkanes of at least 4 members (excludes halogenated alkanes) is 2. The smallest absolute Gasteiger partial charge is 0.303 e. The lowest BCUT2D eigenvalue weighted by Gasteiger charge is -2.37. The third-order valence-corrected chi connectivity index (χ3v) is 7.36. The molecular formula is C29H38Cl2N2O4. The summed E-state index contributed by atoms with van der Waals surface area (Å²) in [6, 6.07) is 14.1. The van der Waals surface area contributed by atoms with Crippen LogP contribution in [0.1, 0.15) is 93.9 Å². The highest BCUT2D eigenvalue weighted by molar-refractivity contribution is 6.42. The summed E-state index contributed by atoms with van der Waals surface area (Å²) in [5, 5.41) is 12.4. The van der Waals surface area contributed by atoms with Crippen LogP contribution in [-0.2, 0) is 14.4 Å². The Morgan fingerprint density at radius 3 is 2.30 bits per heavy atom. The fourth-order valence-corrected chi connectivity index (χ4v) is 5.02. The molecule has 0 radical (unpaired) electrons. The Balaban J connectivity index is 0.00000235. The molecule has 1 aliphatic carbocycles. The number of carboxylic acids is 1. The van der Waals surface area contributed by atoms with Gasteiger partial charge in [-0.15, -0.1) is 0 Å². The predicted molar refractivity (Wildman–Crippen MR) is 149 cm³/mol. The first-order chi connectivity index (χ1) is 17.8. The van der Waals surface area contributed by atoms with Crippen LogP contribution in [0.4, 0.5) is 0 Å². The van der Waals surface area contributed by atoms with E-state index in [0.717, 1.165) is 37.7 Å². The third kappa shape index (κ3) is 9.04. The van der Waals surface area contributed by atoms with Gasteiger partial charge in [-0.1, -0.05) is 73.8 Å². The largest absolute Gasteiger partial charge is 0.481 e. The lowest BCUT2D eigenvalue weighted by atomic mass is 9.76. The Bertz CT molecular complexity index is 1060. The van der Waals surface area contributed by atoms with Gasteiger partial charge in [-0.2, -0.15) is 0 Å². The fraction of sp³-hybridized carbons (Fsp3) is 0.483. The Hall–Kier alpha value is -2.57. The van der Waals surface area contributed by atoms with Crippen molar-refractivity contribution >= 4 is 41.0 Å². The molecule has 202 valence electrons. The molecule has 0 spiro atoms. The highest BCUT2D eigenvalue weighted by Crippen LogP contribution is 2.44. The standard InChI is InChI=1S/C27H32Cl2N2O4.C2H6/c1-31(26(33)9-3-2-6-16-30-25(32)14-15-27(34)35)24-13-11-19(20-7-4-5-8-21(20)24)18-10-12-22(28)23(29)17-18;1-2/h4-5,7-8,10,12,17,19,24H,2-3,6,9,11,13-16H2,1H3,(H,30,32)(H,34,35);1-2H3. The van der Waals surface area contributed by atoms with Gasteiger partial charge in [0.05, 0.1) is 22.5 Å². The maximum atomic E-state index is 12.9. The summed E-state index contributed by atoms with van der Waals surface area (Å²) >= 11 is 12.4. The van der Waals surface area contributed by atoms with Crippen LogP contribution in [0.2, 0.25) is 10.0 Å². The minimum atomic E-state index is -0.978. The highest BCUT2D eigenvalue weighted by Gasteiger charge is 2.32. The summed E-state index contributed by atoms with van der Waals surface area (Å²) in [4.78, 5) is 36.9. The van der Waals surface area contributed by atoms with Crippen molar-refractivity contribution in [2.45, 2.75) is 77.2 Å². The van der Waals surface area contributed by atoms with Crippen molar-refractivity contribution in [3.63, 3.8) is 0 Å². The van der Waals surface area contributed by atoms with E-state index in [0.29, 0.717) is 23.0 Å². The Labute approximate surface area is 230 Å². The van der Waals surface area contributed by atoms with Gasteiger partial charge >= 0.3 is 5.97 Å². The van der Waals surface area contributed by atoms with Crippen molar-refractivity contribution in [1.29, 1.82) is 0 Å². The Morgan fingerprint density at radius 1 is 0.919 bits per heavy atom. The second kappa shape index (κ2) is 15.6. The Morgan fingerprint density at radius 2 is 1.62 bits per heavy atom. The van der Waals surface area contributed by atoms with Crippen molar-refractivity contribution in [1.82, 2.24) is 10.2 Å². The van der Waals surface area contributed by atoms with Gasteiger partial charge in [-0.3, -0.25) is 14.4 Å². The molecule has 1 aliphatic rings. The zero-order valence-corrected chi connectivity index (χ0v) is 23.4. The first kappa shape index (κ1) is 30.7. The zero-order valence-electron chi connectivity index (χ0n) is 21.9. The Kier molecular flexibility index (Phi) is 12.9. The zero-order chi connectivity index (χ0) is 27.4. The molecule has 8 heteroatoms. The van der Waals surface area contributed by atoms with Gasteiger partial charge in [0.25, 0.3) is 0 Å². The molecule has 2 unspecified atom stereocenters. The van der Waals surface area contributed by atoms with E-state index in [4.69, 9.17) is 28.3 Å². The average Bonchev–Trinajstić information content (AvgIpc) is 2.91. The molecule has 2 aromatic rings. The van der Waals surface area contributed by atoms with Crippen LogP contribution >= 0.6 is 23.2 Å². The lowest BCUT2D eigenvalue weighted by Crippen LogP contribution is -2.34. The maximum absolute atomic E-state index is 12.9. The van der Waals surface area contributed by atoms with E-state index in [2.05, 4.69) is 17.4 Å². The molecule has 2 N–H and O–H groups in total. The fourth-order valence-electron chi connectivity index (χ4n) is 4.71. The molecule has 0 aliphatic heterocycles. The summed E-state index contributed by atoms with van der Waals surface area (Å²) in [7, 11) is 1.88. The van der Waals surface area contributed by atoms with Crippen LogP contribution in [0.5, 0.6) is 0 Å². The average molecular weight is 550 g/mol. The van der Waals surface area contributed by atoms with Crippen LogP contribution < -0.4 is 5.32 Å². The predicted octanol–water partition coefficient (Wildman–Crippen LogP) is 6.99. The number of rotatable bonds is 11. The molecule has 37 heavy (non-hydrogen) atoms. The second-order valence-electron chi connectivity index (χ2n) is 9.01. The summed E-state index contributed by atoms with van der Waals surface area (Å²) in [5.74, 6) is -0.902. The van der Waals surface area contributed by atoms with E-state index in [1.54, 1.807) is 0 Å². The second-order valence-corrected chi connectivity index (χ2v) is 9.82. The summed E-state index contributed by atoms with van der Waals surface area (Å²) < 4.78 is 0. The molecule has 2 amide bonds. The van der Waals surface area contributed by atoms with Gasteiger partial charge in [0.2, 0.25) is 11.8 Å². The number of aliphatic carboxylic acids is 1. The van der Waals surface area contributed by atoms with Gasteiger partial charge in [0, 0.05) is 32.4 Å². The van der Waals surface area contributed by atoms with Crippen molar-refractivity contribution in [3.05, 3.63) is 69.2 Å². The molecule has 0 saturated heterocycles. The van der Waals surface area contributed by atoms with Gasteiger partial charge in [0.1, 0.15) is 0 Å². The number of carbonyl (C=O) groups is 3. The lowest BCUT2D eigenvalue weighted by molar-refractivity contribution is -0.138. The molecule has 0 fully saturated rings. The van der Waals surface area contributed by atoms with Crippen molar-refractivity contribution in [2.75, 3.05) is 13.6 Å². The summed E-state index contributed by atoms with van der Waals surface area (Å²) in [5.41, 5.74) is 3.53. The maximum Gasteiger partial charge on any atom is 0.303 e. The number of hydrogen-bond donors (Lipinski definition) is 2. The SMILES string of the molecule is CC.CN(C(=O)CCCCCNC(=O)CCC(=O)O)C1CCC(c2ccc(Cl)c(Cl)c2)c2ccccc21. The number of nitrogens with one attached hydrogen (secondary N) is 1. The molecule has 0 bridgehead atoms. The molecular weight excluding hydrogens is 511 g/mol. The normalized spacial score (nSPS) is 16.1. The summed E-state index contributed by atoms with van der Waals surface area (Å²) in [6.07, 6.45) is 4.39. The van der Waals surface area contributed by atoms with E-state index >= 15 is 0 Å². The van der Waals surface area contributed by atoms with E-state index in [9.17, 15) is 14.4 Å². The topological polar surface area (TPSA) is 86.7 Å². The number of benzene rings is 2. The number of nitrogens with zero attached hydrogens (tertiary/aromatic N) is 1. The van der Waals surface area contributed by atoms with Crippen LogP contribution in [0, 0.1) is 0 Å². The van der Waals surface area contributed by atoms with Gasteiger partial charge in [-0.05, 0) is 54.5 Å². The molecule has 0 aromatic heterocycles. The van der Waals surface area contributed by atoms with Gasteiger partial charge in [-0.25, -0.2) is 0 Å². The number of carboxylic acid groups (broad SMARTS) is 1. The van der Waals surface area contributed by atoms with Crippen LogP contribution in [0.15, 0.2) is 42.5 Å². The minimum absolute atomic E-state index is 0.00656. The van der Waals surface area contributed by atoms with Crippen molar-refractivity contribution in [2.24, 2.45) is 0 Å². The third-order valence-electron chi connectivity index (χ3n) is 6.62. The van der Waals surface area contributed by atoms with Crippen molar-refractivity contribution in [3.8, 4) is 0 Å². The quantitative estimate of drug-likeness (QED) is 0.296. The van der Waals surface area contributed by atoms with Crippen LogP contribution in [-0.4, -0.2) is 41.4 Å². The first-order valence-electron chi connectivity index (χ1n) is 13.1. The van der Waals surface area contributed by atoms with E-state index in [1.807, 2.05) is 56.1 Å². The molecule has 3 rings (SSSR count). The van der Waals surface area contributed by atoms with E-state index in [-0.39, 0.29) is 36.6 Å². The minimum Gasteiger partial charge on any atom is -0.481 e. The van der Waals surface area contributed by atoms with E-state index < -0.39 is 5.97 Å². The molecule has 0 saturated carbocycles. The number of carbonyl (C=O) groups excluding carboxylic acids is 2. The summed E-state index contributed by atoms with van der Waals surface area (Å²) in [6.45, 7) is 4.49. The molecule has 6 nitrogen and oxygen atoms in total. The molecule has 0 heterocycles. The molecule has 2 atom stereocenters. The monoisotopic (exact) mass is 548 g/mol. The number of amides is 2. The number of fused-ring (bicyclic) bond motifs is 1. The molecule has 2 aromatic carbocycles. The highest BCUT2D eigenvalue weighted by atomic mass is 35.5. The van der Waals surface area contributed by atoms with Crippen molar-refractivity contribution < 1.29 is 19.5 Å².